The highest BCUT2D eigenvalue weighted by molar-refractivity contribution is 5.38. The Morgan fingerprint density at radius 1 is 1.24 bits per heavy atom. The fraction of sp³-hybridized carbons (Fsp3) is 0.786. The first-order valence-corrected chi connectivity index (χ1v) is 7.62. The van der Waals surface area contributed by atoms with Crippen LogP contribution in [0.15, 0.2) is 0 Å². The van der Waals surface area contributed by atoms with Gasteiger partial charge in [-0.15, -0.1) is 0 Å². The molecular formula is C14H25N5O2. The van der Waals surface area contributed by atoms with Gasteiger partial charge in [-0.25, -0.2) is 0 Å². The second kappa shape index (κ2) is 6.89. The highest BCUT2D eigenvalue weighted by Crippen LogP contribution is 2.30. The van der Waals surface area contributed by atoms with E-state index in [2.05, 4.69) is 20.3 Å². The second-order valence-electron chi connectivity index (χ2n) is 5.49. The maximum Gasteiger partial charge on any atom is 0.323 e. The van der Waals surface area contributed by atoms with Gasteiger partial charge in [0, 0.05) is 20.1 Å². The number of aromatic nitrogens is 3. The quantitative estimate of drug-likeness (QED) is 0.787. The molecule has 7 nitrogen and oxygen atoms in total. The van der Waals surface area contributed by atoms with E-state index in [-0.39, 0.29) is 0 Å². The number of aliphatic hydroxyl groups is 1. The van der Waals surface area contributed by atoms with Crippen molar-refractivity contribution in [2.24, 2.45) is 0 Å². The van der Waals surface area contributed by atoms with Crippen molar-refractivity contribution in [2.45, 2.75) is 45.1 Å². The highest BCUT2D eigenvalue weighted by Gasteiger charge is 2.33. The van der Waals surface area contributed by atoms with E-state index in [0.29, 0.717) is 31.1 Å². The van der Waals surface area contributed by atoms with Gasteiger partial charge in [-0.3, -0.25) is 0 Å². The number of likely N-dealkylation sites (N-methyl/N-ethyl adjacent to an activating group) is 1. The largest absolute Gasteiger partial charge is 0.464 e. The summed E-state index contributed by atoms with van der Waals surface area (Å²) in [5.74, 6) is 1.01. The highest BCUT2D eigenvalue weighted by atomic mass is 16.5. The monoisotopic (exact) mass is 295 g/mol. The fourth-order valence-electron chi connectivity index (χ4n) is 2.65. The lowest BCUT2D eigenvalue weighted by Crippen LogP contribution is -2.40. The van der Waals surface area contributed by atoms with Crippen molar-refractivity contribution >= 4 is 11.9 Å². The van der Waals surface area contributed by atoms with Crippen LogP contribution >= 0.6 is 0 Å². The van der Waals surface area contributed by atoms with E-state index in [1.54, 1.807) is 0 Å². The number of nitrogens with zero attached hydrogens (tertiary/aromatic N) is 4. The Kier molecular flexibility index (Phi) is 5.17. The van der Waals surface area contributed by atoms with Crippen LogP contribution in [0.4, 0.5) is 11.9 Å². The van der Waals surface area contributed by atoms with Crippen molar-refractivity contribution in [3.63, 3.8) is 0 Å². The molecule has 0 aromatic carbocycles. The van der Waals surface area contributed by atoms with Crippen LogP contribution in [0.2, 0.25) is 0 Å². The Labute approximate surface area is 125 Å². The van der Waals surface area contributed by atoms with E-state index in [1.807, 2.05) is 25.8 Å². The Morgan fingerprint density at radius 3 is 2.57 bits per heavy atom. The molecule has 21 heavy (non-hydrogen) atoms. The van der Waals surface area contributed by atoms with Gasteiger partial charge in [0.15, 0.2) is 0 Å². The molecule has 0 bridgehead atoms. The molecule has 2 N–H and O–H groups in total. The molecule has 0 spiro atoms. The smallest absolute Gasteiger partial charge is 0.323 e. The third-order valence-electron chi connectivity index (χ3n) is 3.62. The van der Waals surface area contributed by atoms with Crippen LogP contribution in [0.3, 0.4) is 0 Å². The zero-order chi connectivity index (χ0) is 15.3. The Hall–Kier alpha value is -1.63. The van der Waals surface area contributed by atoms with Crippen molar-refractivity contribution in [2.75, 3.05) is 37.0 Å². The minimum Gasteiger partial charge on any atom is -0.464 e. The maximum atomic E-state index is 10.5. The maximum absolute atomic E-state index is 10.5. The number of hydrogen-bond donors (Lipinski definition) is 2. The van der Waals surface area contributed by atoms with Gasteiger partial charge in [0.2, 0.25) is 11.9 Å². The zero-order valence-electron chi connectivity index (χ0n) is 13.1. The molecule has 1 aromatic rings. The number of nitrogens with one attached hydrogen (secondary N) is 1. The molecule has 1 heterocycles. The summed E-state index contributed by atoms with van der Waals surface area (Å²) in [6, 6.07) is 0.309. The summed E-state index contributed by atoms with van der Waals surface area (Å²) in [5.41, 5.74) is -0.633. The molecule has 1 fully saturated rings. The Balaban J connectivity index is 2.15. The average Bonchev–Trinajstić information content (AvgIpc) is 2.85. The third-order valence-corrected chi connectivity index (χ3v) is 3.62. The average molecular weight is 295 g/mol. The van der Waals surface area contributed by atoms with Gasteiger partial charge in [0.1, 0.15) is 0 Å². The van der Waals surface area contributed by atoms with Crippen molar-refractivity contribution in [3.05, 3.63) is 0 Å². The normalized spacial score (nSPS) is 16.8. The van der Waals surface area contributed by atoms with Crippen LogP contribution in [-0.4, -0.2) is 52.4 Å². The van der Waals surface area contributed by atoms with Crippen LogP contribution in [0.1, 0.15) is 39.5 Å². The molecule has 0 amide bonds. The van der Waals surface area contributed by atoms with Gasteiger partial charge in [-0.2, -0.15) is 15.0 Å². The zero-order valence-corrected chi connectivity index (χ0v) is 13.1. The topological polar surface area (TPSA) is 83.4 Å². The van der Waals surface area contributed by atoms with Gasteiger partial charge in [-0.05, 0) is 26.7 Å². The molecule has 118 valence electrons. The second-order valence-corrected chi connectivity index (χ2v) is 5.49. The van der Waals surface area contributed by atoms with Gasteiger partial charge in [0.05, 0.1) is 12.2 Å². The SMILES string of the molecule is CCNc1nc(OCC)nc(N(C)CC2(O)CCCC2)n1. The predicted octanol–water partition coefficient (Wildman–Crippen LogP) is 1.44. The summed E-state index contributed by atoms with van der Waals surface area (Å²) in [4.78, 5) is 14.8. The van der Waals surface area contributed by atoms with E-state index >= 15 is 0 Å². The van der Waals surface area contributed by atoms with E-state index < -0.39 is 5.60 Å². The molecule has 0 radical (unpaired) electrons. The fourth-order valence-corrected chi connectivity index (χ4v) is 2.65. The lowest BCUT2D eigenvalue weighted by molar-refractivity contribution is 0.0556. The lowest BCUT2D eigenvalue weighted by atomic mass is 10.0. The Bertz CT molecular complexity index is 438. The molecule has 7 heteroatoms. The molecule has 1 aliphatic rings. The summed E-state index contributed by atoms with van der Waals surface area (Å²) >= 11 is 0. The first kappa shape index (κ1) is 15.8. The molecule has 0 unspecified atom stereocenters. The number of anilines is 2. The lowest BCUT2D eigenvalue weighted by Gasteiger charge is -2.28. The summed E-state index contributed by atoms with van der Waals surface area (Å²) in [5, 5.41) is 13.6. The number of hydrogen-bond acceptors (Lipinski definition) is 7. The minimum absolute atomic E-state index is 0.309. The van der Waals surface area contributed by atoms with Gasteiger partial charge in [-0.1, -0.05) is 12.8 Å². The third kappa shape index (κ3) is 4.17. The predicted molar refractivity (Wildman–Crippen MR) is 81.8 cm³/mol. The Morgan fingerprint density at radius 2 is 1.95 bits per heavy atom. The molecule has 0 aliphatic heterocycles. The van der Waals surface area contributed by atoms with Crippen LogP contribution in [-0.2, 0) is 0 Å². The van der Waals surface area contributed by atoms with Crippen LogP contribution in [0.5, 0.6) is 6.01 Å². The molecule has 1 aromatic heterocycles. The first-order chi connectivity index (χ1) is 10.1. The first-order valence-electron chi connectivity index (χ1n) is 7.62. The minimum atomic E-state index is -0.633. The molecule has 1 saturated carbocycles. The van der Waals surface area contributed by atoms with E-state index in [0.717, 1.165) is 32.2 Å². The van der Waals surface area contributed by atoms with Crippen LogP contribution < -0.4 is 15.0 Å². The molecule has 0 atom stereocenters. The van der Waals surface area contributed by atoms with Crippen LogP contribution in [0.25, 0.3) is 0 Å². The molecule has 2 rings (SSSR count). The molecule has 0 saturated heterocycles. The van der Waals surface area contributed by atoms with E-state index in [9.17, 15) is 5.11 Å². The van der Waals surface area contributed by atoms with E-state index in [1.165, 1.54) is 0 Å². The van der Waals surface area contributed by atoms with Gasteiger partial charge < -0.3 is 20.1 Å². The summed E-state index contributed by atoms with van der Waals surface area (Å²) in [6.45, 7) is 5.62. The van der Waals surface area contributed by atoms with Crippen LogP contribution in [0, 0.1) is 0 Å². The van der Waals surface area contributed by atoms with Gasteiger partial charge >= 0.3 is 6.01 Å². The molecular weight excluding hydrogens is 270 g/mol. The summed E-state index contributed by atoms with van der Waals surface area (Å²) in [6.07, 6.45) is 3.82. The van der Waals surface area contributed by atoms with Crippen molar-refractivity contribution in [1.82, 2.24) is 15.0 Å². The number of ether oxygens (including phenoxy) is 1. The van der Waals surface area contributed by atoms with Gasteiger partial charge in [0.25, 0.3) is 0 Å². The van der Waals surface area contributed by atoms with Crippen molar-refractivity contribution < 1.29 is 9.84 Å². The van der Waals surface area contributed by atoms with Crippen molar-refractivity contribution in [3.8, 4) is 6.01 Å². The standard InChI is InChI=1S/C14H25N5O2/c1-4-15-11-16-12(18-13(17-11)21-5-2)19(3)10-14(20)8-6-7-9-14/h20H,4-10H2,1-3H3,(H,15,16,17,18). The van der Waals surface area contributed by atoms with Crippen molar-refractivity contribution in [1.29, 1.82) is 0 Å². The number of rotatable bonds is 7. The molecule has 1 aliphatic carbocycles. The summed E-state index contributed by atoms with van der Waals surface area (Å²) < 4.78 is 5.39. The van der Waals surface area contributed by atoms with E-state index in [4.69, 9.17) is 4.74 Å². The summed E-state index contributed by atoms with van der Waals surface area (Å²) in [7, 11) is 1.89.